The summed E-state index contributed by atoms with van der Waals surface area (Å²) in [5, 5.41) is 14.2. The zero-order chi connectivity index (χ0) is 24.2. The van der Waals surface area contributed by atoms with Crippen molar-refractivity contribution in [1.29, 1.82) is 0 Å². The highest BCUT2D eigenvalue weighted by Gasteiger charge is 2.33. The lowest BCUT2D eigenvalue weighted by atomic mass is 10.1. The number of ether oxygens (including phenoxy) is 3. The van der Waals surface area contributed by atoms with Gasteiger partial charge in [0.15, 0.2) is 18.2 Å². The van der Waals surface area contributed by atoms with Gasteiger partial charge in [-0.05, 0) is 36.7 Å². The Hall–Kier alpha value is -4.25. The van der Waals surface area contributed by atoms with E-state index in [0.717, 1.165) is 16.8 Å². The van der Waals surface area contributed by atoms with E-state index in [1.54, 1.807) is 25.4 Å². The normalized spacial score (nSPS) is 16.8. The van der Waals surface area contributed by atoms with E-state index in [2.05, 4.69) is 31.9 Å². The molecule has 0 saturated carbocycles. The van der Waals surface area contributed by atoms with Gasteiger partial charge in [-0.3, -0.25) is 9.69 Å². The van der Waals surface area contributed by atoms with Crippen LogP contribution in [0.4, 0.5) is 16.4 Å². The molecule has 11 nitrogen and oxygen atoms in total. The highest BCUT2D eigenvalue weighted by Crippen LogP contribution is 2.30. The van der Waals surface area contributed by atoms with Gasteiger partial charge in [0, 0.05) is 18.2 Å². The Morgan fingerprint density at radius 2 is 2.14 bits per heavy atom. The van der Waals surface area contributed by atoms with Gasteiger partial charge >= 0.3 is 6.09 Å². The first-order valence-electron chi connectivity index (χ1n) is 11.2. The second-order valence-electron chi connectivity index (χ2n) is 8.12. The highest BCUT2D eigenvalue weighted by molar-refractivity contribution is 5.95. The molecule has 0 spiro atoms. The topological polar surface area (TPSA) is 128 Å². The number of fused-ring (bicyclic) bond motifs is 1. The monoisotopic (exact) mass is 476 g/mol. The molecule has 35 heavy (non-hydrogen) atoms. The molecule has 2 aliphatic rings. The van der Waals surface area contributed by atoms with Crippen LogP contribution in [0.15, 0.2) is 48.7 Å². The molecule has 1 atom stereocenters. The Kier molecular flexibility index (Phi) is 6.40. The van der Waals surface area contributed by atoms with Crippen LogP contribution < -0.4 is 25.0 Å². The minimum Gasteiger partial charge on any atom is -0.495 e. The van der Waals surface area contributed by atoms with Crippen molar-refractivity contribution in [2.75, 3.05) is 37.0 Å². The van der Waals surface area contributed by atoms with Crippen LogP contribution in [0.25, 0.3) is 11.3 Å². The molecule has 0 aliphatic carbocycles. The molecule has 0 bridgehead atoms. The molecule has 4 heterocycles. The molecule has 180 valence electrons. The fraction of sp³-hybridized carbons (Fsp3) is 0.292. The number of aromatic nitrogens is 3. The van der Waals surface area contributed by atoms with Crippen LogP contribution in [-0.4, -0.2) is 60.1 Å². The Balaban J connectivity index is 1.13. The molecule has 1 fully saturated rings. The lowest BCUT2D eigenvalue weighted by molar-refractivity contribution is -0.118. The maximum atomic E-state index is 12.4. The summed E-state index contributed by atoms with van der Waals surface area (Å²) in [6, 6.07) is 13.2. The summed E-state index contributed by atoms with van der Waals surface area (Å²) >= 11 is 0. The number of carbonyl (C=O) groups is 2. The molecular formula is C24H24N6O5. The van der Waals surface area contributed by atoms with Gasteiger partial charge in [0.05, 0.1) is 25.5 Å². The summed E-state index contributed by atoms with van der Waals surface area (Å²) in [6.07, 6.45) is 1.49. The summed E-state index contributed by atoms with van der Waals surface area (Å²) in [5.74, 6) is 1.56. The summed E-state index contributed by atoms with van der Waals surface area (Å²) in [7, 11) is 1.60. The number of nitrogens with zero attached hydrogens (tertiary/aromatic N) is 4. The van der Waals surface area contributed by atoms with E-state index >= 15 is 0 Å². The fourth-order valence-corrected chi connectivity index (χ4v) is 3.90. The standard InChI is InChI=1S/C24H24N6O5/c1-33-18-10-19(29-26-12-18)16-4-2-3-15(9-16)11-25-8-7-17-13-30(24(32)35-17)21-6-5-20-23(27-21)28-22(31)14-34-20/h2-6,9-10,12,17,25H,7-8,11,13-14H2,1H3,(H,27,28,31). The molecule has 1 saturated heterocycles. The summed E-state index contributed by atoms with van der Waals surface area (Å²) in [5.41, 5.74) is 2.79. The maximum Gasteiger partial charge on any atom is 0.415 e. The van der Waals surface area contributed by atoms with Crippen LogP contribution in [0.3, 0.4) is 0 Å². The van der Waals surface area contributed by atoms with Gasteiger partial charge in [-0.25, -0.2) is 9.78 Å². The first kappa shape index (κ1) is 22.5. The smallest absolute Gasteiger partial charge is 0.415 e. The Morgan fingerprint density at radius 3 is 3.03 bits per heavy atom. The quantitative estimate of drug-likeness (QED) is 0.471. The van der Waals surface area contributed by atoms with Gasteiger partial charge < -0.3 is 24.8 Å². The molecule has 1 aromatic carbocycles. The maximum absolute atomic E-state index is 12.4. The predicted molar refractivity (Wildman–Crippen MR) is 126 cm³/mol. The number of methoxy groups -OCH3 is 1. The van der Waals surface area contributed by atoms with E-state index < -0.39 is 6.09 Å². The van der Waals surface area contributed by atoms with Crippen LogP contribution in [0.5, 0.6) is 11.5 Å². The first-order chi connectivity index (χ1) is 17.1. The molecule has 3 aromatic rings. The second kappa shape index (κ2) is 9.94. The molecule has 2 aliphatic heterocycles. The van der Waals surface area contributed by atoms with Crippen LogP contribution in [0.1, 0.15) is 12.0 Å². The molecule has 2 amide bonds. The van der Waals surface area contributed by atoms with Gasteiger partial charge in [-0.2, -0.15) is 10.2 Å². The highest BCUT2D eigenvalue weighted by atomic mass is 16.6. The van der Waals surface area contributed by atoms with E-state index in [9.17, 15) is 9.59 Å². The van der Waals surface area contributed by atoms with Crippen molar-refractivity contribution in [2.45, 2.75) is 19.1 Å². The number of nitrogens with one attached hydrogen (secondary N) is 2. The molecule has 5 rings (SSSR count). The average molecular weight is 476 g/mol. The van der Waals surface area contributed by atoms with Gasteiger partial charge in [-0.1, -0.05) is 18.2 Å². The van der Waals surface area contributed by atoms with Crippen molar-refractivity contribution in [2.24, 2.45) is 0 Å². The first-order valence-corrected chi connectivity index (χ1v) is 11.2. The van der Waals surface area contributed by atoms with Crippen molar-refractivity contribution < 1.29 is 23.8 Å². The summed E-state index contributed by atoms with van der Waals surface area (Å²) < 4.78 is 16.0. The minimum atomic E-state index is -0.461. The van der Waals surface area contributed by atoms with Crippen molar-refractivity contribution in [3.05, 3.63) is 54.2 Å². The Labute approximate surface area is 201 Å². The van der Waals surface area contributed by atoms with Crippen LogP contribution in [-0.2, 0) is 16.1 Å². The van der Waals surface area contributed by atoms with Gasteiger partial charge in [0.1, 0.15) is 17.7 Å². The van der Waals surface area contributed by atoms with E-state index in [4.69, 9.17) is 14.2 Å². The number of hydrogen-bond donors (Lipinski definition) is 2. The van der Waals surface area contributed by atoms with Crippen LogP contribution in [0, 0.1) is 0 Å². The number of hydrogen-bond acceptors (Lipinski definition) is 9. The third-order valence-corrected chi connectivity index (χ3v) is 5.67. The number of benzene rings is 1. The van der Waals surface area contributed by atoms with E-state index in [1.165, 1.54) is 4.90 Å². The molecule has 11 heteroatoms. The zero-order valence-electron chi connectivity index (χ0n) is 19.1. The SMILES string of the molecule is COc1cnnc(-c2cccc(CNCCC3CN(c4ccc5c(n4)NC(=O)CO5)C(=O)O3)c2)c1. The minimum absolute atomic E-state index is 0.0474. The molecular weight excluding hydrogens is 452 g/mol. The van der Waals surface area contributed by atoms with E-state index in [1.807, 2.05) is 24.3 Å². The zero-order valence-corrected chi connectivity index (χ0v) is 19.1. The Bertz CT molecular complexity index is 1250. The van der Waals surface area contributed by atoms with Crippen molar-refractivity contribution in [1.82, 2.24) is 20.5 Å². The predicted octanol–water partition coefficient (Wildman–Crippen LogP) is 2.38. The second-order valence-corrected chi connectivity index (χ2v) is 8.12. The van der Waals surface area contributed by atoms with E-state index in [0.29, 0.717) is 49.2 Å². The largest absolute Gasteiger partial charge is 0.495 e. The average Bonchev–Trinajstić information content (AvgIpc) is 3.26. The number of amides is 2. The molecule has 0 radical (unpaired) electrons. The molecule has 2 N–H and O–H groups in total. The lowest BCUT2D eigenvalue weighted by Gasteiger charge is -2.19. The number of anilines is 2. The number of rotatable bonds is 8. The van der Waals surface area contributed by atoms with Crippen molar-refractivity contribution in [3.63, 3.8) is 0 Å². The summed E-state index contributed by atoms with van der Waals surface area (Å²) in [4.78, 5) is 29.7. The van der Waals surface area contributed by atoms with E-state index in [-0.39, 0.29) is 18.6 Å². The number of carbonyl (C=O) groups excluding carboxylic acids is 2. The van der Waals surface area contributed by atoms with Crippen LogP contribution >= 0.6 is 0 Å². The Morgan fingerprint density at radius 1 is 1.23 bits per heavy atom. The molecule has 2 aromatic heterocycles. The molecule has 1 unspecified atom stereocenters. The van der Waals surface area contributed by atoms with Crippen molar-refractivity contribution >= 4 is 23.6 Å². The van der Waals surface area contributed by atoms with Gasteiger partial charge in [0.25, 0.3) is 5.91 Å². The summed E-state index contributed by atoms with van der Waals surface area (Å²) in [6.45, 7) is 1.65. The fourth-order valence-electron chi connectivity index (χ4n) is 3.90. The van der Waals surface area contributed by atoms with Gasteiger partial charge in [-0.15, -0.1) is 0 Å². The number of pyridine rings is 1. The lowest BCUT2D eigenvalue weighted by Crippen LogP contribution is -2.29. The van der Waals surface area contributed by atoms with Gasteiger partial charge in [0.2, 0.25) is 0 Å². The number of cyclic esters (lactones) is 1. The third-order valence-electron chi connectivity index (χ3n) is 5.67. The van der Waals surface area contributed by atoms with Crippen LogP contribution in [0.2, 0.25) is 0 Å². The van der Waals surface area contributed by atoms with Crippen molar-refractivity contribution in [3.8, 4) is 22.8 Å². The third kappa shape index (κ3) is 5.14.